The molecule has 5 rings (SSSR count). The molecule has 0 aliphatic heterocycles. The molecule has 0 unspecified atom stereocenters. The Labute approximate surface area is 297 Å². The lowest BCUT2D eigenvalue weighted by atomic mass is 10.0. The number of anilines is 1. The van der Waals surface area contributed by atoms with E-state index in [0.717, 1.165) is 49.9 Å². The summed E-state index contributed by atoms with van der Waals surface area (Å²) in [5.41, 5.74) is 2.89. The molecule has 0 saturated carbocycles. The molecule has 12 heteroatoms. The number of hydrogen-bond donors (Lipinski definition) is 2. The third-order valence-electron chi connectivity index (χ3n) is 8.12. The van der Waals surface area contributed by atoms with Crippen molar-refractivity contribution in [2.45, 2.75) is 63.8 Å². The Hall–Kier alpha value is -4.38. The molecule has 1 heterocycles. The van der Waals surface area contributed by atoms with E-state index in [2.05, 4.69) is 23.9 Å². The number of aryl methyl sites for hydroxylation is 1. The summed E-state index contributed by atoms with van der Waals surface area (Å²) in [5, 5.41) is 8.69. The first kappa shape index (κ1) is 35.9. The molecular weight excluding hydrogens is 681 g/mol. The number of halogens is 2. The van der Waals surface area contributed by atoms with Crippen LogP contribution in [0.3, 0.4) is 0 Å². The van der Waals surface area contributed by atoms with Crippen molar-refractivity contribution in [1.29, 1.82) is 0 Å². The van der Waals surface area contributed by atoms with E-state index in [0.29, 0.717) is 34.1 Å². The summed E-state index contributed by atoms with van der Waals surface area (Å²) >= 11 is 12.9. The number of rotatable bonds is 15. The number of nitrogens with one attached hydrogen (secondary N) is 2. The number of hydrogen-bond acceptors (Lipinski definition) is 6. The van der Waals surface area contributed by atoms with Crippen molar-refractivity contribution >= 4 is 44.8 Å². The second-order valence-corrected chi connectivity index (χ2v) is 14.1. The Morgan fingerprint density at radius 1 is 0.837 bits per heavy atom. The number of benzene rings is 4. The maximum absolute atomic E-state index is 13.9. The highest BCUT2D eigenvalue weighted by Gasteiger charge is 2.24. The summed E-state index contributed by atoms with van der Waals surface area (Å²) in [4.78, 5) is 26.6. The zero-order valence-corrected chi connectivity index (χ0v) is 29.8. The van der Waals surface area contributed by atoms with Gasteiger partial charge in [-0.2, -0.15) is 4.68 Å². The highest BCUT2D eigenvalue weighted by atomic mass is 35.5. The lowest BCUT2D eigenvalue weighted by Crippen LogP contribution is -2.31. The molecule has 1 amide bonds. The molecule has 0 atom stereocenters. The Morgan fingerprint density at radius 2 is 1.55 bits per heavy atom. The van der Waals surface area contributed by atoms with Crippen LogP contribution >= 0.6 is 23.2 Å². The summed E-state index contributed by atoms with van der Waals surface area (Å²) in [6.07, 6.45) is 5.67. The minimum atomic E-state index is -4.25. The van der Waals surface area contributed by atoms with E-state index in [1.165, 1.54) is 22.9 Å². The number of nitrogens with zero attached hydrogens (tertiary/aromatic N) is 3. The molecule has 0 aliphatic rings. The average Bonchev–Trinajstić information content (AvgIpc) is 3.40. The zero-order chi connectivity index (χ0) is 35.0. The number of amides is 1. The normalized spacial score (nSPS) is 11.4. The molecule has 5 aromatic rings. The van der Waals surface area contributed by atoms with Crippen LogP contribution in [0.1, 0.15) is 67.7 Å². The third kappa shape index (κ3) is 8.44. The van der Waals surface area contributed by atoms with Crippen LogP contribution in [0, 0.1) is 0 Å². The van der Waals surface area contributed by atoms with Crippen molar-refractivity contribution in [3.63, 3.8) is 0 Å². The predicted octanol–water partition coefficient (Wildman–Crippen LogP) is 8.12. The van der Waals surface area contributed by atoms with Gasteiger partial charge >= 0.3 is 5.69 Å². The quantitative estimate of drug-likeness (QED) is 0.106. The van der Waals surface area contributed by atoms with Crippen LogP contribution in [0.15, 0.2) is 101 Å². The van der Waals surface area contributed by atoms with Gasteiger partial charge in [0, 0.05) is 18.5 Å². The van der Waals surface area contributed by atoms with Crippen LogP contribution in [-0.2, 0) is 23.0 Å². The fraction of sp³-hybridized carbons (Fsp3) is 0.270. The van der Waals surface area contributed by atoms with E-state index in [1.807, 2.05) is 24.3 Å². The SMILES string of the molecule is CCCCCNc1cccc(-n2nc(CCCC)n(Cc3ccc(-c4ccccc4S(=O)(=O)NC(=O)c4ccccc4Cl)cc3)c2=O)c1Cl. The molecule has 2 N–H and O–H groups in total. The standard InChI is InChI=1S/C37H39Cl2N5O4S/c1-3-5-11-24-40-31-16-12-17-32(35(31)39)44-37(46)43(34(41-44)19-6-4-2)25-26-20-22-27(23-21-26)28-13-8-10-18-33(28)49(47,48)42-36(45)29-14-7-9-15-30(29)38/h7-10,12-18,20-23,40H,3-6,11,19,24-25H2,1-2H3,(H,42,45). The van der Waals surface area contributed by atoms with Gasteiger partial charge in [-0.3, -0.25) is 9.36 Å². The molecular formula is C37H39Cl2N5O4S. The molecule has 9 nitrogen and oxygen atoms in total. The van der Waals surface area contributed by atoms with Crippen LogP contribution in [0.25, 0.3) is 16.8 Å². The van der Waals surface area contributed by atoms with Gasteiger partial charge in [0.2, 0.25) is 0 Å². The first-order valence-corrected chi connectivity index (χ1v) is 18.6. The zero-order valence-electron chi connectivity index (χ0n) is 27.5. The van der Waals surface area contributed by atoms with Crippen LogP contribution in [0.4, 0.5) is 5.69 Å². The van der Waals surface area contributed by atoms with E-state index in [-0.39, 0.29) is 27.7 Å². The third-order valence-corrected chi connectivity index (χ3v) is 10.2. The summed E-state index contributed by atoms with van der Waals surface area (Å²) in [5.74, 6) is -0.170. The number of carbonyl (C=O) groups excluding carboxylic acids is 1. The fourth-order valence-electron chi connectivity index (χ4n) is 5.48. The van der Waals surface area contributed by atoms with Crippen molar-refractivity contribution < 1.29 is 13.2 Å². The molecule has 4 aromatic carbocycles. The number of unbranched alkanes of at least 4 members (excludes halogenated alkanes) is 3. The van der Waals surface area contributed by atoms with Crippen molar-refractivity contribution in [1.82, 2.24) is 19.1 Å². The van der Waals surface area contributed by atoms with Crippen molar-refractivity contribution in [2.24, 2.45) is 0 Å². The lowest BCUT2D eigenvalue weighted by Gasteiger charge is -2.13. The maximum atomic E-state index is 13.9. The van der Waals surface area contributed by atoms with E-state index < -0.39 is 15.9 Å². The van der Waals surface area contributed by atoms with Gasteiger partial charge in [-0.05, 0) is 54.3 Å². The molecule has 49 heavy (non-hydrogen) atoms. The van der Waals surface area contributed by atoms with Crippen LogP contribution in [0.2, 0.25) is 10.0 Å². The van der Waals surface area contributed by atoms with E-state index >= 15 is 0 Å². The summed E-state index contributed by atoms with van der Waals surface area (Å²) in [7, 11) is -4.25. The Kier molecular flexibility index (Phi) is 12.0. The van der Waals surface area contributed by atoms with Gasteiger partial charge in [-0.1, -0.05) is 117 Å². The smallest absolute Gasteiger partial charge is 0.351 e. The summed E-state index contributed by atoms with van der Waals surface area (Å²) in [6, 6.07) is 25.5. The molecule has 0 aliphatic carbocycles. The second kappa shape index (κ2) is 16.3. The number of carbonyl (C=O) groups is 1. The number of aromatic nitrogens is 3. The van der Waals surface area contributed by atoms with Crippen LogP contribution < -0.4 is 15.7 Å². The Morgan fingerprint density at radius 3 is 2.29 bits per heavy atom. The van der Waals surface area contributed by atoms with Gasteiger partial charge in [0.05, 0.1) is 38.4 Å². The van der Waals surface area contributed by atoms with Gasteiger partial charge in [0.15, 0.2) is 0 Å². The minimum Gasteiger partial charge on any atom is -0.384 e. The minimum absolute atomic E-state index is 0.0542. The highest BCUT2D eigenvalue weighted by molar-refractivity contribution is 7.90. The summed E-state index contributed by atoms with van der Waals surface area (Å²) < 4.78 is 32.0. The first-order valence-electron chi connectivity index (χ1n) is 16.4. The van der Waals surface area contributed by atoms with Gasteiger partial charge in [-0.15, -0.1) is 5.10 Å². The fourth-order valence-corrected chi connectivity index (χ4v) is 7.17. The van der Waals surface area contributed by atoms with Gasteiger partial charge in [0.1, 0.15) is 5.82 Å². The maximum Gasteiger partial charge on any atom is 0.351 e. The average molecular weight is 721 g/mol. The molecule has 0 radical (unpaired) electrons. The molecule has 0 saturated heterocycles. The van der Waals surface area contributed by atoms with Gasteiger partial charge < -0.3 is 5.32 Å². The molecule has 256 valence electrons. The van der Waals surface area contributed by atoms with Crippen LogP contribution in [0.5, 0.6) is 0 Å². The second-order valence-electron chi connectivity index (χ2n) is 11.7. The highest BCUT2D eigenvalue weighted by Crippen LogP contribution is 2.30. The van der Waals surface area contributed by atoms with E-state index in [1.54, 1.807) is 53.1 Å². The van der Waals surface area contributed by atoms with E-state index in [4.69, 9.17) is 28.3 Å². The van der Waals surface area contributed by atoms with Crippen molar-refractivity contribution in [2.75, 3.05) is 11.9 Å². The number of sulfonamides is 1. The van der Waals surface area contributed by atoms with E-state index in [9.17, 15) is 18.0 Å². The lowest BCUT2D eigenvalue weighted by molar-refractivity contribution is 0.0981. The molecule has 0 fully saturated rings. The largest absolute Gasteiger partial charge is 0.384 e. The topological polar surface area (TPSA) is 115 Å². The van der Waals surface area contributed by atoms with Gasteiger partial charge in [0.25, 0.3) is 15.9 Å². The Balaban J connectivity index is 1.41. The van der Waals surface area contributed by atoms with Gasteiger partial charge in [-0.25, -0.2) is 17.9 Å². The van der Waals surface area contributed by atoms with Crippen molar-refractivity contribution in [3.05, 3.63) is 128 Å². The monoisotopic (exact) mass is 719 g/mol. The molecule has 0 spiro atoms. The molecule has 1 aromatic heterocycles. The first-order chi connectivity index (χ1) is 23.6. The van der Waals surface area contributed by atoms with Crippen molar-refractivity contribution in [3.8, 4) is 16.8 Å². The predicted molar refractivity (Wildman–Crippen MR) is 197 cm³/mol. The summed E-state index contributed by atoms with van der Waals surface area (Å²) in [6.45, 7) is 5.29. The van der Waals surface area contributed by atoms with Crippen LogP contribution in [-0.4, -0.2) is 35.2 Å². The Bertz CT molecular complexity index is 2090. The molecule has 0 bridgehead atoms.